The predicted molar refractivity (Wildman–Crippen MR) is 147 cm³/mol. The largest absolute Gasteiger partial charge is 0.459 e. The number of aryl methyl sites for hydroxylation is 2. The minimum atomic E-state index is -0.313. The quantitative estimate of drug-likeness (QED) is 0.220. The molecular weight excluding hydrogens is 448 g/mol. The first kappa shape index (κ1) is 29.6. The maximum absolute atomic E-state index is 12.9. The van der Waals surface area contributed by atoms with Crippen molar-refractivity contribution < 1.29 is 19.1 Å². The Labute approximate surface area is 218 Å². The molecule has 2 atom stereocenters. The van der Waals surface area contributed by atoms with Crippen molar-refractivity contribution in [1.82, 2.24) is 0 Å². The van der Waals surface area contributed by atoms with Crippen LogP contribution in [0.2, 0.25) is 0 Å². The summed E-state index contributed by atoms with van der Waals surface area (Å²) in [5, 5.41) is 0. The maximum atomic E-state index is 12.9. The highest BCUT2D eigenvalue weighted by atomic mass is 16.6. The number of hydrogen-bond donors (Lipinski definition) is 0. The molecule has 0 saturated carbocycles. The summed E-state index contributed by atoms with van der Waals surface area (Å²) in [4.78, 5) is 25.8. The van der Waals surface area contributed by atoms with Gasteiger partial charge in [-0.15, -0.1) is 0 Å². The lowest BCUT2D eigenvalue weighted by Gasteiger charge is -2.25. The average Bonchev–Trinajstić information content (AvgIpc) is 2.86. The van der Waals surface area contributed by atoms with Crippen molar-refractivity contribution in [2.45, 2.75) is 111 Å². The number of carbonyl (C=O) groups excluding carboxylic acids is 2. The highest BCUT2D eigenvalue weighted by Gasteiger charge is 2.24. The van der Waals surface area contributed by atoms with Crippen LogP contribution in [0.3, 0.4) is 0 Å². The van der Waals surface area contributed by atoms with Crippen molar-refractivity contribution in [1.29, 1.82) is 0 Å². The van der Waals surface area contributed by atoms with Crippen molar-refractivity contribution in [2.75, 3.05) is 0 Å². The monoisotopic (exact) mass is 494 g/mol. The van der Waals surface area contributed by atoms with Gasteiger partial charge in [-0.25, -0.2) is 9.59 Å². The third-order valence-electron chi connectivity index (χ3n) is 6.44. The molecule has 4 heteroatoms. The highest BCUT2D eigenvalue weighted by Crippen LogP contribution is 2.21. The van der Waals surface area contributed by atoms with Gasteiger partial charge in [0.15, 0.2) is 0 Å². The lowest BCUT2D eigenvalue weighted by Crippen LogP contribution is -2.28. The summed E-state index contributed by atoms with van der Waals surface area (Å²) in [6.45, 7) is 10.7. The third kappa shape index (κ3) is 10.6. The predicted octanol–water partition coefficient (Wildman–Crippen LogP) is 8.36. The molecule has 36 heavy (non-hydrogen) atoms. The molecule has 2 rings (SSSR count). The smallest absolute Gasteiger partial charge is 0.338 e. The Morgan fingerprint density at radius 3 is 1.47 bits per heavy atom. The second-order valence-corrected chi connectivity index (χ2v) is 10.3. The van der Waals surface area contributed by atoms with Gasteiger partial charge in [0.1, 0.15) is 12.2 Å². The Hall–Kier alpha value is -2.62. The summed E-state index contributed by atoms with van der Waals surface area (Å²) in [6.07, 6.45) is 8.87. The van der Waals surface area contributed by atoms with Crippen molar-refractivity contribution in [2.24, 2.45) is 5.92 Å². The van der Waals surface area contributed by atoms with E-state index in [4.69, 9.17) is 9.47 Å². The standard InChI is InChI=1S/C32H46O4/c1-6-9-12-25-14-18-27(19-15-25)31(33)35-29(11-8-3)23-30(22-24(4)5)36-32(34)28-20-16-26(17-21-28)13-10-7-2/h14-21,24,29-30H,6-13,22-23H2,1-5H3. The van der Waals surface area contributed by atoms with E-state index in [1.54, 1.807) is 0 Å². The first-order valence-electron chi connectivity index (χ1n) is 14.0. The molecular formula is C32H46O4. The number of unbranched alkanes of at least 4 members (excludes halogenated alkanes) is 2. The number of carbonyl (C=O) groups is 2. The van der Waals surface area contributed by atoms with E-state index in [2.05, 4.69) is 34.6 Å². The Balaban J connectivity index is 2.03. The molecule has 0 heterocycles. The van der Waals surface area contributed by atoms with Crippen LogP contribution < -0.4 is 0 Å². The van der Waals surface area contributed by atoms with Crippen LogP contribution >= 0.6 is 0 Å². The van der Waals surface area contributed by atoms with Crippen LogP contribution in [0.5, 0.6) is 0 Å². The third-order valence-corrected chi connectivity index (χ3v) is 6.44. The molecule has 0 bridgehead atoms. The van der Waals surface area contributed by atoms with Crippen LogP contribution in [0.4, 0.5) is 0 Å². The van der Waals surface area contributed by atoms with Crippen LogP contribution in [0.15, 0.2) is 48.5 Å². The Morgan fingerprint density at radius 2 is 1.08 bits per heavy atom. The summed E-state index contributed by atoms with van der Waals surface area (Å²) in [5.74, 6) is -0.271. The van der Waals surface area contributed by atoms with Crippen LogP contribution in [0, 0.1) is 5.92 Å². The summed E-state index contributed by atoms with van der Waals surface area (Å²) < 4.78 is 11.9. The van der Waals surface area contributed by atoms with Gasteiger partial charge in [0.2, 0.25) is 0 Å². The minimum absolute atomic E-state index is 0.296. The number of rotatable bonds is 16. The Morgan fingerprint density at radius 1 is 0.639 bits per heavy atom. The van der Waals surface area contributed by atoms with E-state index in [9.17, 15) is 9.59 Å². The van der Waals surface area contributed by atoms with Gasteiger partial charge in [-0.3, -0.25) is 0 Å². The van der Waals surface area contributed by atoms with Crippen molar-refractivity contribution in [3.63, 3.8) is 0 Å². The van der Waals surface area contributed by atoms with E-state index in [0.717, 1.165) is 57.8 Å². The zero-order chi connectivity index (χ0) is 26.3. The highest BCUT2D eigenvalue weighted by molar-refractivity contribution is 5.90. The van der Waals surface area contributed by atoms with E-state index in [0.29, 0.717) is 23.5 Å². The fourth-order valence-corrected chi connectivity index (χ4v) is 4.37. The molecule has 0 aliphatic rings. The van der Waals surface area contributed by atoms with Gasteiger partial charge in [-0.1, -0.05) is 78.1 Å². The Kier molecular flexibility index (Phi) is 13.3. The molecule has 0 radical (unpaired) electrons. The van der Waals surface area contributed by atoms with Gasteiger partial charge in [0.25, 0.3) is 0 Å². The molecule has 198 valence electrons. The van der Waals surface area contributed by atoms with Crippen LogP contribution in [-0.2, 0) is 22.3 Å². The van der Waals surface area contributed by atoms with E-state index in [1.807, 2.05) is 48.5 Å². The summed E-state index contributed by atoms with van der Waals surface area (Å²) >= 11 is 0. The van der Waals surface area contributed by atoms with E-state index in [-0.39, 0.29) is 24.1 Å². The number of esters is 2. The lowest BCUT2D eigenvalue weighted by molar-refractivity contribution is -0.00653. The second kappa shape index (κ2) is 16.2. The Bertz CT molecular complexity index is 899. The SMILES string of the molecule is CCCCc1ccc(C(=O)OC(CCC)CC(CC(C)C)OC(=O)c2ccc(CCCC)cc2)cc1. The first-order chi connectivity index (χ1) is 17.4. The van der Waals surface area contributed by atoms with Crippen LogP contribution in [0.1, 0.15) is 118 Å². The summed E-state index contributed by atoms with van der Waals surface area (Å²) in [5.41, 5.74) is 3.61. The molecule has 0 saturated heterocycles. The zero-order valence-corrected chi connectivity index (χ0v) is 23.1. The van der Waals surface area contributed by atoms with E-state index >= 15 is 0 Å². The van der Waals surface area contributed by atoms with E-state index in [1.165, 1.54) is 11.1 Å². The molecule has 2 aromatic rings. The number of ether oxygens (including phenoxy) is 2. The van der Waals surface area contributed by atoms with Gasteiger partial charge >= 0.3 is 11.9 Å². The molecule has 2 unspecified atom stereocenters. The molecule has 0 aliphatic heterocycles. The molecule has 4 nitrogen and oxygen atoms in total. The van der Waals surface area contributed by atoms with Gasteiger partial charge in [-0.2, -0.15) is 0 Å². The molecule has 2 aromatic carbocycles. The number of benzene rings is 2. The second-order valence-electron chi connectivity index (χ2n) is 10.3. The molecule has 0 spiro atoms. The fourth-order valence-electron chi connectivity index (χ4n) is 4.37. The topological polar surface area (TPSA) is 52.6 Å². The fraction of sp³-hybridized carbons (Fsp3) is 0.562. The van der Waals surface area contributed by atoms with Gasteiger partial charge in [0.05, 0.1) is 11.1 Å². The van der Waals surface area contributed by atoms with Crippen LogP contribution in [0.25, 0.3) is 0 Å². The van der Waals surface area contributed by atoms with Gasteiger partial charge in [-0.05, 0) is 79.8 Å². The van der Waals surface area contributed by atoms with Gasteiger partial charge < -0.3 is 9.47 Å². The number of hydrogen-bond acceptors (Lipinski definition) is 4. The summed E-state index contributed by atoms with van der Waals surface area (Å²) in [6, 6.07) is 15.5. The summed E-state index contributed by atoms with van der Waals surface area (Å²) in [7, 11) is 0. The van der Waals surface area contributed by atoms with Gasteiger partial charge in [0, 0.05) is 6.42 Å². The lowest BCUT2D eigenvalue weighted by atomic mass is 9.98. The molecule has 0 aliphatic carbocycles. The van der Waals surface area contributed by atoms with Crippen molar-refractivity contribution >= 4 is 11.9 Å². The molecule has 0 aromatic heterocycles. The minimum Gasteiger partial charge on any atom is -0.459 e. The van der Waals surface area contributed by atoms with E-state index < -0.39 is 0 Å². The molecule has 0 fully saturated rings. The van der Waals surface area contributed by atoms with Crippen molar-refractivity contribution in [3.05, 3.63) is 70.8 Å². The van der Waals surface area contributed by atoms with Crippen LogP contribution in [-0.4, -0.2) is 24.1 Å². The van der Waals surface area contributed by atoms with Crippen molar-refractivity contribution in [3.8, 4) is 0 Å². The normalized spacial score (nSPS) is 12.8. The zero-order valence-electron chi connectivity index (χ0n) is 23.1. The maximum Gasteiger partial charge on any atom is 0.338 e. The average molecular weight is 495 g/mol. The first-order valence-corrected chi connectivity index (χ1v) is 14.0. The molecule has 0 amide bonds. The molecule has 0 N–H and O–H groups in total.